The molecule has 0 saturated heterocycles. The number of benzene rings is 3. The highest BCUT2D eigenvalue weighted by Crippen LogP contribution is 2.26. The molecular formula is C26H26N4O3S. The predicted octanol–water partition coefficient (Wildman–Crippen LogP) is 4.09. The van der Waals surface area contributed by atoms with Gasteiger partial charge in [-0.25, -0.2) is 8.42 Å². The smallest absolute Gasteiger partial charge is 0.264 e. The molecule has 1 heterocycles. The molecule has 0 unspecified atom stereocenters. The summed E-state index contributed by atoms with van der Waals surface area (Å²) in [6.07, 6.45) is 3.54. The highest BCUT2D eigenvalue weighted by atomic mass is 32.2. The largest absolute Gasteiger partial charge is 0.337 e. The van der Waals surface area contributed by atoms with Crippen molar-refractivity contribution in [1.82, 2.24) is 14.7 Å². The summed E-state index contributed by atoms with van der Waals surface area (Å²) >= 11 is 0. The first-order valence-corrected chi connectivity index (χ1v) is 12.2. The van der Waals surface area contributed by atoms with Crippen molar-refractivity contribution in [3.63, 3.8) is 0 Å². The number of carbonyl (C=O) groups excluding carboxylic acids is 1. The van der Waals surface area contributed by atoms with Gasteiger partial charge < -0.3 is 4.90 Å². The number of aromatic nitrogens is 2. The van der Waals surface area contributed by atoms with E-state index in [0.717, 1.165) is 11.1 Å². The molecule has 0 fully saturated rings. The van der Waals surface area contributed by atoms with Crippen molar-refractivity contribution in [2.45, 2.75) is 18.0 Å². The van der Waals surface area contributed by atoms with Crippen LogP contribution in [0.4, 0.5) is 5.69 Å². The third kappa shape index (κ3) is 5.18. The summed E-state index contributed by atoms with van der Waals surface area (Å²) in [5.74, 6) is -0.268. The number of carbonyl (C=O) groups is 1. The molecule has 4 rings (SSSR count). The van der Waals surface area contributed by atoms with E-state index < -0.39 is 10.0 Å². The van der Waals surface area contributed by atoms with E-state index in [-0.39, 0.29) is 17.3 Å². The fourth-order valence-electron chi connectivity index (χ4n) is 3.69. The lowest BCUT2D eigenvalue weighted by Gasteiger charge is -2.25. The molecule has 3 aromatic carbocycles. The highest BCUT2D eigenvalue weighted by Gasteiger charge is 2.26. The van der Waals surface area contributed by atoms with Gasteiger partial charge in [-0.05, 0) is 35.9 Å². The maximum atomic E-state index is 13.8. The number of aryl methyl sites for hydroxylation is 1. The Morgan fingerprint density at radius 2 is 1.56 bits per heavy atom. The van der Waals surface area contributed by atoms with E-state index in [9.17, 15) is 13.2 Å². The Hall–Kier alpha value is -3.91. The van der Waals surface area contributed by atoms with Gasteiger partial charge in [0, 0.05) is 38.0 Å². The van der Waals surface area contributed by atoms with Gasteiger partial charge in [0.15, 0.2) is 0 Å². The minimum absolute atomic E-state index is 0.0629. The number of anilines is 1. The van der Waals surface area contributed by atoms with Crippen molar-refractivity contribution in [3.05, 3.63) is 114 Å². The number of sulfonamides is 1. The average molecular weight is 475 g/mol. The van der Waals surface area contributed by atoms with E-state index in [1.165, 1.54) is 16.4 Å². The quantitative estimate of drug-likeness (QED) is 0.386. The maximum Gasteiger partial charge on any atom is 0.264 e. The lowest BCUT2D eigenvalue weighted by molar-refractivity contribution is 0.0785. The zero-order valence-corrected chi connectivity index (χ0v) is 19.9. The third-order valence-electron chi connectivity index (χ3n) is 5.41. The van der Waals surface area contributed by atoms with Crippen LogP contribution in [0.25, 0.3) is 0 Å². The van der Waals surface area contributed by atoms with Crippen LogP contribution >= 0.6 is 0 Å². The molecule has 174 valence electrons. The van der Waals surface area contributed by atoms with Gasteiger partial charge in [0.25, 0.3) is 15.9 Å². The van der Waals surface area contributed by atoms with Gasteiger partial charge in [-0.15, -0.1) is 0 Å². The van der Waals surface area contributed by atoms with E-state index >= 15 is 0 Å². The van der Waals surface area contributed by atoms with Crippen molar-refractivity contribution >= 4 is 21.6 Å². The lowest BCUT2D eigenvalue weighted by Crippen LogP contribution is -2.31. The molecule has 8 heteroatoms. The van der Waals surface area contributed by atoms with E-state index in [4.69, 9.17) is 0 Å². The minimum atomic E-state index is -3.94. The third-order valence-corrected chi connectivity index (χ3v) is 7.18. The maximum absolute atomic E-state index is 13.8. The zero-order valence-electron chi connectivity index (χ0n) is 19.1. The van der Waals surface area contributed by atoms with Crippen molar-refractivity contribution in [2.24, 2.45) is 7.05 Å². The van der Waals surface area contributed by atoms with E-state index in [0.29, 0.717) is 17.8 Å². The van der Waals surface area contributed by atoms with Crippen LogP contribution in [0.15, 0.2) is 102 Å². The second kappa shape index (κ2) is 9.93. The fraction of sp³-hybridized carbons (Fsp3) is 0.154. The molecule has 0 atom stereocenters. The van der Waals surface area contributed by atoms with Crippen LogP contribution in [0.5, 0.6) is 0 Å². The van der Waals surface area contributed by atoms with Crippen LogP contribution in [0.3, 0.4) is 0 Å². The molecule has 0 N–H and O–H groups in total. The molecular weight excluding hydrogens is 448 g/mol. The van der Waals surface area contributed by atoms with Gasteiger partial charge in [-0.3, -0.25) is 13.8 Å². The molecule has 0 aliphatic carbocycles. The van der Waals surface area contributed by atoms with Gasteiger partial charge in [-0.1, -0.05) is 54.6 Å². The summed E-state index contributed by atoms with van der Waals surface area (Å²) in [4.78, 5) is 14.7. The molecule has 1 amide bonds. The Labute approximate surface area is 199 Å². The van der Waals surface area contributed by atoms with Crippen LogP contribution < -0.4 is 4.31 Å². The first-order chi connectivity index (χ1) is 16.3. The van der Waals surface area contributed by atoms with E-state index in [1.807, 2.05) is 49.6 Å². The van der Waals surface area contributed by atoms with Crippen molar-refractivity contribution in [3.8, 4) is 0 Å². The second-order valence-corrected chi connectivity index (χ2v) is 9.91. The van der Waals surface area contributed by atoms with Crippen LogP contribution in [-0.2, 0) is 30.2 Å². The second-order valence-electron chi connectivity index (χ2n) is 8.04. The molecule has 0 saturated carbocycles. The molecule has 0 aliphatic heterocycles. The molecule has 34 heavy (non-hydrogen) atoms. The van der Waals surface area contributed by atoms with Crippen LogP contribution in [0, 0.1) is 0 Å². The van der Waals surface area contributed by atoms with Crippen molar-refractivity contribution in [1.29, 1.82) is 0 Å². The Balaban J connectivity index is 1.64. The van der Waals surface area contributed by atoms with E-state index in [1.54, 1.807) is 59.2 Å². The SMILES string of the molecule is CN(Cc1cnn(C)c1)C(=O)c1cccc(S(=O)(=O)N(Cc2ccccc2)c2ccccc2)c1. The lowest BCUT2D eigenvalue weighted by atomic mass is 10.2. The van der Waals surface area contributed by atoms with E-state index in [2.05, 4.69) is 5.10 Å². The topological polar surface area (TPSA) is 75.5 Å². The zero-order chi connectivity index (χ0) is 24.1. The Bertz CT molecular complexity index is 1370. The first kappa shape index (κ1) is 23.3. The summed E-state index contributed by atoms with van der Waals surface area (Å²) in [6, 6.07) is 24.6. The normalized spacial score (nSPS) is 11.2. The number of hydrogen-bond donors (Lipinski definition) is 0. The molecule has 0 spiro atoms. The van der Waals surface area contributed by atoms with Crippen molar-refractivity contribution in [2.75, 3.05) is 11.4 Å². The van der Waals surface area contributed by atoms with Crippen LogP contribution in [-0.4, -0.2) is 36.1 Å². The summed E-state index contributed by atoms with van der Waals surface area (Å²) in [5.41, 5.74) is 2.61. The summed E-state index contributed by atoms with van der Waals surface area (Å²) in [6.45, 7) is 0.542. The Morgan fingerprint density at radius 3 is 2.21 bits per heavy atom. The number of amides is 1. The highest BCUT2D eigenvalue weighted by molar-refractivity contribution is 7.92. The number of rotatable bonds is 8. The minimum Gasteiger partial charge on any atom is -0.337 e. The first-order valence-electron chi connectivity index (χ1n) is 10.8. The fourth-order valence-corrected chi connectivity index (χ4v) is 5.19. The Morgan fingerprint density at radius 1 is 0.882 bits per heavy atom. The molecule has 7 nitrogen and oxygen atoms in total. The summed E-state index contributed by atoms with van der Waals surface area (Å²) < 4.78 is 30.6. The monoisotopic (exact) mass is 474 g/mol. The molecule has 0 aliphatic rings. The van der Waals surface area contributed by atoms with Gasteiger partial charge in [-0.2, -0.15) is 5.10 Å². The van der Waals surface area contributed by atoms with Crippen molar-refractivity contribution < 1.29 is 13.2 Å². The standard InChI is InChI=1S/C26H26N4O3S/c1-28(18-22-17-27-29(2)19-22)26(31)23-12-9-15-25(16-23)34(32,33)30(24-13-7-4-8-14-24)20-21-10-5-3-6-11-21/h3-17,19H,18,20H2,1-2H3. The molecule has 0 bridgehead atoms. The average Bonchev–Trinajstić information content (AvgIpc) is 3.27. The van der Waals surface area contributed by atoms with Crippen LogP contribution in [0.2, 0.25) is 0 Å². The molecule has 1 aromatic heterocycles. The van der Waals surface area contributed by atoms with Gasteiger partial charge in [0.05, 0.1) is 23.3 Å². The number of para-hydroxylation sites is 1. The number of nitrogens with zero attached hydrogens (tertiary/aromatic N) is 4. The summed E-state index contributed by atoms with van der Waals surface area (Å²) in [5, 5.41) is 4.12. The van der Waals surface area contributed by atoms with Gasteiger partial charge in [0.2, 0.25) is 0 Å². The predicted molar refractivity (Wildman–Crippen MR) is 132 cm³/mol. The Kier molecular flexibility index (Phi) is 6.79. The summed E-state index contributed by atoms with van der Waals surface area (Å²) in [7, 11) is -0.445. The van der Waals surface area contributed by atoms with Gasteiger partial charge in [0.1, 0.15) is 0 Å². The number of hydrogen-bond acceptors (Lipinski definition) is 4. The molecule has 0 radical (unpaired) electrons. The molecule has 4 aromatic rings. The van der Waals surface area contributed by atoms with Gasteiger partial charge >= 0.3 is 0 Å². The van der Waals surface area contributed by atoms with Crippen LogP contribution in [0.1, 0.15) is 21.5 Å².